The number of nitrogens with zero attached hydrogens (tertiary/aromatic N) is 1. The average Bonchev–Trinajstić information content (AvgIpc) is 2.97. The fraction of sp³-hybridized carbons (Fsp3) is 0.357. The van der Waals surface area contributed by atoms with E-state index in [1.807, 2.05) is 11.4 Å². The lowest BCUT2D eigenvalue weighted by molar-refractivity contribution is 0.0501. The molecule has 0 aromatic carbocycles. The molecule has 0 saturated carbocycles. The summed E-state index contributed by atoms with van der Waals surface area (Å²) in [5.41, 5.74) is 2.49. The minimum Gasteiger partial charge on any atom is -0.461 e. The summed E-state index contributed by atoms with van der Waals surface area (Å²) in [6.07, 6.45) is 0.841. The third kappa shape index (κ3) is 3.01. The van der Waals surface area contributed by atoms with Gasteiger partial charge in [-0.2, -0.15) is 0 Å². The van der Waals surface area contributed by atoms with Crippen LogP contribution in [-0.4, -0.2) is 17.1 Å². The fourth-order valence-corrected chi connectivity index (χ4v) is 2.52. The number of carbonyl (C=O) groups is 1. The molecule has 0 spiro atoms. The van der Waals surface area contributed by atoms with E-state index in [9.17, 15) is 4.79 Å². The highest BCUT2D eigenvalue weighted by Gasteiger charge is 2.07. The van der Waals surface area contributed by atoms with Gasteiger partial charge in [-0.25, -0.2) is 4.79 Å². The highest BCUT2D eigenvalue weighted by atomic mass is 32.1. The number of hydrogen-bond acceptors (Lipinski definition) is 3. The molecule has 4 heteroatoms. The molecule has 96 valence electrons. The zero-order valence-corrected chi connectivity index (χ0v) is 11.5. The summed E-state index contributed by atoms with van der Waals surface area (Å²) in [5, 5.41) is 1.88. The van der Waals surface area contributed by atoms with E-state index >= 15 is 0 Å². The number of aromatic nitrogens is 1. The van der Waals surface area contributed by atoms with E-state index in [1.165, 1.54) is 22.7 Å². The third-order valence-corrected chi connectivity index (χ3v) is 3.75. The molecule has 0 atom stereocenters. The number of carbonyl (C=O) groups excluding carboxylic acids is 1. The Morgan fingerprint density at radius 2 is 2.00 bits per heavy atom. The molecule has 3 nitrogen and oxygen atoms in total. The Bertz CT molecular complexity index is 494. The van der Waals surface area contributed by atoms with Crippen molar-refractivity contribution in [3.8, 4) is 0 Å². The number of esters is 1. The molecule has 0 saturated heterocycles. The highest BCUT2D eigenvalue weighted by molar-refractivity contribution is 7.11. The van der Waals surface area contributed by atoms with E-state index in [2.05, 4.69) is 30.5 Å². The average molecular weight is 263 g/mol. The van der Waals surface area contributed by atoms with Crippen molar-refractivity contribution in [1.82, 2.24) is 4.57 Å². The van der Waals surface area contributed by atoms with Crippen molar-refractivity contribution in [2.24, 2.45) is 0 Å². The lowest BCUT2D eigenvalue weighted by Crippen LogP contribution is -2.09. The minimum absolute atomic E-state index is 0.217. The Kier molecular flexibility index (Phi) is 4.20. The van der Waals surface area contributed by atoms with Gasteiger partial charge in [-0.1, -0.05) is 6.07 Å². The van der Waals surface area contributed by atoms with Crippen LogP contribution in [0.5, 0.6) is 0 Å². The number of thiophene rings is 1. The molecule has 0 N–H and O–H groups in total. The van der Waals surface area contributed by atoms with Crippen LogP contribution in [0.25, 0.3) is 0 Å². The van der Waals surface area contributed by atoms with Crippen molar-refractivity contribution in [1.29, 1.82) is 0 Å². The molecule has 2 heterocycles. The smallest absolute Gasteiger partial charge is 0.348 e. The second-order valence-corrected chi connectivity index (χ2v) is 5.18. The molecule has 0 aliphatic heterocycles. The van der Waals surface area contributed by atoms with Gasteiger partial charge >= 0.3 is 5.97 Å². The van der Waals surface area contributed by atoms with Gasteiger partial charge in [0, 0.05) is 17.9 Å². The molecule has 0 radical (unpaired) electrons. The van der Waals surface area contributed by atoms with Gasteiger partial charge in [0.2, 0.25) is 0 Å². The third-order valence-electron chi connectivity index (χ3n) is 2.90. The van der Waals surface area contributed by atoms with Crippen LogP contribution in [0.1, 0.15) is 27.5 Å². The molecular formula is C14H17NO2S. The van der Waals surface area contributed by atoms with Crippen LogP contribution in [0.2, 0.25) is 0 Å². The van der Waals surface area contributed by atoms with Gasteiger partial charge in [0.25, 0.3) is 0 Å². The molecule has 2 rings (SSSR count). The number of ether oxygens (including phenoxy) is 1. The maximum Gasteiger partial charge on any atom is 0.348 e. The summed E-state index contributed by atoms with van der Waals surface area (Å²) < 4.78 is 7.46. The first-order valence-electron chi connectivity index (χ1n) is 6.02. The lowest BCUT2D eigenvalue weighted by Gasteiger charge is -2.09. The van der Waals surface area contributed by atoms with Crippen molar-refractivity contribution < 1.29 is 9.53 Å². The molecule has 18 heavy (non-hydrogen) atoms. The predicted octanol–water partition coefficient (Wildman–Crippen LogP) is 3.41. The summed E-state index contributed by atoms with van der Waals surface area (Å²) in [6, 6.07) is 7.85. The molecule has 0 bridgehead atoms. The largest absolute Gasteiger partial charge is 0.461 e. The maximum atomic E-state index is 11.6. The van der Waals surface area contributed by atoms with Crippen molar-refractivity contribution >= 4 is 17.3 Å². The van der Waals surface area contributed by atoms with Crippen LogP contribution in [0.15, 0.2) is 29.6 Å². The molecule has 0 aliphatic carbocycles. The van der Waals surface area contributed by atoms with Gasteiger partial charge in [0.15, 0.2) is 0 Å². The van der Waals surface area contributed by atoms with Gasteiger partial charge < -0.3 is 9.30 Å². The van der Waals surface area contributed by atoms with Crippen LogP contribution < -0.4 is 0 Å². The summed E-state index contributed by atoms with van der Waals surface area (Å²) in [7, 11) is 0. The predicted molar refractivity (Wildman–Crippen MR) is 73.1 cm³/mol. The summed E-state index contributed by atoms with van der Waals surface area (Å²) >= 11 is 1.41. The van der Waals surface area contributed by atoms with Gasteiger partial charge in [-0.05, 0) is 43.8 Å². The standard InChI is InChI=1S/C14H17NO2S/c1-11-6-7-12(2)15(11)8-4-9-17-14(16)13-5-3-10-18-13/h3,5-7,10H,4,8-9H2,1-2H3. The van der Waals surface area contributed by atoms with Crippen LogP contribution >= 0.6 is 11.3 Å². The second-order valence-electron chi connectivity index (χ2n) is 4.23. The Morgan fingerprint density at radius 1 is 1.28 bits per heavy atom. The Hall–Kier alpha value is -1.55. The molecule has 0 amide bonds. The molecule has 2 aromatic rings. The van der Waals surface area contributed by atoms with E-state index in [0.29, 0.717) is 11.5 Å². The quantitative estimate of drug-likeness (QED) is 0.611. The topological polar surface area (TPSA) is 31.2 Å². The zero-order chi connectivity index (χ0) is 13.0. The van der Waals surface area contributed by atoms with Crippen molar-refractivity contribution in [2.75, 3.05) is 6.61 Å². The Labute approximate surface area is 111 Å². The first-order valence-corrected chi connectivity index (χ1v) is 6.90. The molecular weight excluding hydrogens is 246 g/mol. The molecule has 0 aliphatic rings. The second kappa shape index (κ2) is 5.87. The van der Waals surface area contributed by atoms with E-state index in [0.717, 1.165) is 13.0 Å². The van der Waals surface area contributed by atoms with Gasteiger partial charge in [0.05, 0.1) is 6.61 Å². The Balaban J connectivity index is 1.75. The minimum atomic E-state index is -0.217. The maximum absolute atomic E-state index is 11.6. The van der Waals surface area contributed by atoms with Crippen LogP contribution in [-0.2, 0) is 11.3 Å². The van der Waals surface area contributed by atoms with Crippen LogP contribution in [0, 0.1) is 13.8 Å². The van der Waals surface area contributed by atoms with E-state index in [4.69, 9.17) is 4.74 Å². The number of rotatable bonds is 5. The highest BCUT2D eigenvalue weighted by Crippen LogP contribution is 2.11. The SMILES string of the molecule is Cc1ccc(C)n1CCCOC(=O)c1cccs1. The zero-order valence-electron chi connectivity index (χ0n) is 10.7. The number of aryl methyl sites for hydroxylation is 2. The number of hydrogen-bond donors (Lipinski definition) is 0. The van der Waals surface area contributed by atoms with Gasteiger partial charge in [0.1, 0.15) is 4.88 Å². The van der Waals surface area contributed by atoms with Crippen LogP contribution in [0.3, 0.4) is 0 Å². The molecule has 0 unspecified atom stereocenters. The van der Waals surface area contributed by atoms with E-state index in [-0.39, 0.29) is 5.97 Å². The molecule has 0 fully saturated rings. The van der Waals surface area contributed by atoms with Crippen LogP contribution in [0.4, 0.5) is 0 Å². The van der Waals surface area contributed by atoms with Crippen molar-refractivity contribution in [2.45, 2.75) is 26.8 Å². The summed E-state index contributed by atoms with van der Waals surface area (Å²) in [5.74, 6) is -0.217. The van der Waals surface area contributed by atoms with E-state index < -0.39 is 0 Å². The summed E-state index contributed by atoms with van der Waals surface area (Å²) in [4.78, 5) is 12.3. The first kappa shape index (κ1) is 12.9. The fourth-order valence-electron chi connectivity index (χ4n) is 1.91. The molecule has 2 aromatic heterocycles. The van der Waals surface area contributed by atoms with Crippen molar-refractivity contribution in [3.05, 3.63) is 45.9 Å². The van der Waals surface area contributed by atoms with E-state index in [1.54, 1.807) is 6.07 Å². The van der Waals surface area contributed by atoms with Gasteiger partial charge in [-0.3, -0.25) is 0 Å². The van der Waals surface area contributed by atoms with Crippen molar-refractivity contribution in [3.63, 3.8) is 0 Å². The normalized spacial score (nSPS) is 10.6. The first-order chi connectivity index (χ1) is 8.68. The Morgan fingerprint density at radius 3 is 2.61 bits per heavy atom. The monoisotopic (exact) mass is 263 g/mol. The lowest BCUT2D eigenvalue weighted by atomic mass is 10.4. The summed E-state index contributed by atoms with van der Waals surface area (Å²) in [6.45, 7) is 5.53. The van der Waals surface area contributed by atoms with Gasteiger partial charge in [-0.15, -0.1) is 11.3 Å².